The second-order valence-corrected chi connectivity index (χ2v) is 19.7. The Balaban J connectivity index is 0.000000166. The van der Waals surface area contributed by atoms with E-state index in [1.807, 2.05) is 6.79 Å². The number of carbonyl (C=O) groups is 1. The number of rotatable bonds is 9. The number of hydrogen-bond donors (Lipinski definition) is 0. The zero-order valence-corrected chi connectivity index (χ0v) is 39.0. The van der Waals surface area contributed by atoms with Crippen LogP contribution in [0.5, 0.6) is 0 Å². The molecule has 0 radical (unpaired) electrons. The van der Waals surface area contributed by atoms with Gasteiger partial charge < -0.3 is 4.79 Å². The van der Waals surface area contributed by atoms with E-state index in [0.29, 0.717) is 0 Å². The van der Waals surface area contributed by atoms with Crippen LogP contribution in [0.25, 0.3) is 0 Å². The molecule has 0 aromatic heterocycles. The van der Waals surface area contributed by atoms with Crippen LogP contribution in [0.4, 0.5) is 0 Å². The van der Waals surface area contributed by atoms with Crippen LogP contribution in [-0.4, -0.2) is 6.79 Å². The minimum absolute atomic E-state index is 0.446. The number of hydrogen-bond acceptors (Lipinski definition) is 1. The molecule has 9 aromatic carbocycles. The largest absolute Gasteiger partial charge is 0.0622 e. The Morgan fingerprint density at radius 3 is 0.377 bits per heavy atom. The topological polar surface area (TPSA) is 17.1 Å². The van der Waals surface area contributed by atoms with Crippen LogP contribution in [0.15, 0.2) is 273 Å². The molecule has 304 valence electrons. The molecular weight excluding hydrogens is 906 g/mol. The molecule has 0 unspecified atom stereocenters. The summed E-state index contributed by atoms with van der Waals surface area (Å²) in [6.45, 7) is 2.00. The molecule has 6 heteroatoms. The maximum atomic E-state index is 8.00. The molecule has 9 aromatic rings. The average molecular weight is 954 g/mol. The van der Waals surface area contributed by atoms with E-state index in [0.717, 1.165) is 0 Å². The molecule has 9 rings (SSSR count). The van der Waals surface area contributed by atoms with Crippen LogP contribution in [0.2, 0.25) is 0 Å². The van der Waals surface area contributed by atoms with Crippen LogP contribution in [0.3, 0.4) is 0 Å². The third-order valence-corrected chi connectivity index (χ3v) is 16.5. The summed E-state index contributed by atoms with van der Waals surface area (Å²) in [6, 6.07) is 97.0. The molecule has 0 fully saturated rings. The minimum atomic E-state index is -0.446. The van der Waals surface area contributed by atoms with Gasteiger partial charge in [0.15, 0.2) is 0 Å². The summed E-state index contributed by atoms with van der Waals surface area (Å²) in [5, 5.41) is 12.6. The zero-order valence-electron chi connectivity index (χ0n) is 33.7. The van der Waals surface area contributed by atoms with Crippen molar-refractivity contribution in [2.24, 2.45) is 0 Å². The van der Waals surface area contributed by atoms with Gasteiger partial charge in [0.25, 0.3) is 0 Å². The van der Waals surface area contributed by atoms with Gasteiger partial charge in [0.1, 0.15) is 6.79 Å². The van der Waals surface area contributed by atoms with Crippen molar-refractivity contribution in [3.05, 3.63) is 273 Å². The van der Waals surface area contributed by atoms with E-state index in [1.165, 1.54) is 47.7 Å². The predicted octanol–water partition coefficient (Wildman–Crippen LogP) is 10.6. The van der Waals surface area contributed by atoms with E-state index in [1.54, 1.807) is 17.3 Å². The molecule has 0 aliphatic rings. The van der Waals surface area contributed by atoms with Crippen LogP contribution in [0, 0.1) is 0 Å². The molecule has 0 bridgehead atoms. The van der Waals surface area contributed by atoms with Gasteiger partial charge in [0.2, 0.25) is 0 Å². The summed E-state index contributed by atoms with van der Waals surface area (Å²) in [6.07, 6.45) is 0. The summed E-state index contributed by atoms with van der Waals surface area (Å²) in [5.74, 6) is 0. The maximum Gasteiger partial charge on any atom is -0.0134 e. The van der Waals surface area contributed by atoms with Crippen LogP contribution < -0.4 is 47.7 Å². The van der Waals surface area contributed by atoms with Gasteiger partial charge in [-0.2, -0.15) is 0 Å². The standard InChI is InChI=1S/3C18H15P.CH2O.ClH.Ru.H/c3*1-4-10-16(11-5-1)19(17-12-6-2-7-13-17)18-14-8-3-9-15-18;1-2;;;/h3*1-15H;1H2;1H;;/q;;;;;+1;/p-1. The van der Waals surface area contributed by atoms with Gasteiger partial charge in [0.05, 0.1) is 0 Å². The molecule has 61 heavy (non-hydrogen) atoms. The summed E-state index contributed by atoms with van der Waals surface area (Å²) in [4.78, 5) is 8.00. The average Bonchev–Trinajstić information content (AvgIpc) is 3.37. The van der Waals surface area contributed by atoms with Gasteiger partial charge in [-0.1, -0.05) is 273 Å². The van der Waals surface area contributed by atoms with E-state index in [9.17, 15) is 0 Å². The van der Waals surface area contributed by atoms with Crippen molar-refractivity contribution in [2.45, 2.75) is 0 Å². The zero-order chi connectivity index (χ0) is 42.7. The molecule has 0 saturated heterocycles. The number of benzene rings is 9. The van der Waals surface area contributed by atoms with Crippen molar-refractivity contribution < 1.29 is 22.1 Å². The van der Waals surface area contributed by atoms with Crippen LogP contribution in [0.1, 0.15) is 0 Å². The van der Waals surface area contributed by atoms with Crippen molar-refractivity contribution in [2.75, 3.05) is 0 Å². The molecule has 0 aliphatic carbocycles. The first-order chi connectivity index (χ1) is 30.3. The van der Waals surface area contributed by atoms with Gasteiger partial charge >= 0.3 is 27.0 Å². The quantitative estimate of drug-likeness (QED) is 0.104. The summed E-state index contributed by atoms with van der Waals surface area (Å²) in [5.41, 5.74) is 0. The molecule has 0 aliphatic heterocycles. The van der Waals surface area contributed by atoms with Crippen molar-refractivity contribution in [1.29, 1.82) is 0 Å². The third-order valence-electron chi connectivity index (χ3n) is 9.13. The third kappa shape index (κ3) is 14.5. The normalized spacial score (nSPS) is 10.1. The number of carbonyl (C=O) groups excluding carboxylic acids is 1. The minimum Gasteiger partial charge on any atom is -0.0622 e. The van der Waals surface area contributed by atoms with Gasteiger partial charge in [-0.3, -0.25) is 0 Å². The first kappa shape index (κ1) is 46.9. The molecule has 0 heterocycles. The summed E-state index contributed by atoms with van der Waals surface area (Å²) >= 11 is 1.62. The maximum absolute atomic E-state index is 8.00. The van der Waals surface area contributed by atoms with Crippen molar-refractivity contribution in [3.63, 3.8) is 0 Å². The van der Waals surface area contributed by atoms with Crippen molar-refractivity contribution in [3.8, 4) is 0 Å². The van der Waals surface area contributed by atoms with E-state index >= 15 is 0 Å². The fraction of sp³-hybridized carbons (Fsp3) is 0. The second kappa shape index (κ2) is 27.6. The van der Waals surface area contributed by atoms with Gasteiger partial charge in [-0.15, -0.1) is 0 Å². The first-order valence-corrected chi connectivity index (χ1v) is 26.1. The number of halogens is 1. The van der Waals surface area contributed by atoms with Crippen molar-refractivity contribution >= 4 is 88.0 Å². The fourth-order valence-electron chi connectivity index (χ4n) is 6.54. The van der Waals surface area contributed by atoms with Gasteiger partial charge in [-0.05, 0) is 71.5 Å². The molecule has 1 nitrogen and oxygen atoms in total. The van der Waals surface area contributed by atoms with Gasteiger partial charge in [-0.25, -0.2) is 0 Å². The Morgan fingerprint density at radius 1 is 0.213 bits per heavy atom. The van der Waals surface area contributed by atoms with Gasteiger partial charge in [0, 0.05) is 0 Å². The Morgan fingerprint density at radius 2 is 0.295 bits per heavy atom. The molecular formula is C55H48ClOP3Ru. The van der Waals surface area contributed by atoms with Crippen molar-refractivity contribution in [1.82, 2.24) is 0 Å². The summed E-state index contributed by atoms with van der Waals surface area (Å²) < 4.78 is 0. The van der Waals surface area contributed by atoms with E-state index < -0.39 is 23.8 Å². The smallest absolute Gasteiger partial charge is 0.0134 e. The Labute approximate surface area is 380 Å². The molecule has 0 saturated carbocycles. The van der Waals surface area contributed by atoms with E-state index in [-0.39, 0.29) is 0 Å². The van der Waals surface area contributed by atoms with Crippen LogP contribution in [-0.2, 0) is 22.1 Å². The monoisotopic (exact) mass is 954 g/mol. The molecule has 0 N–H and O–H groups in total. The molecule has 0 spiro atoms. The molecule has 0 amide bonds. The Kier molecular flexibility index (Phi) is 21.3. The van der Waals surface area contributed by atoms with E-state index in [2.05, 4.69) is 283 Å². The Hall–Kier alpha value is -5.15. The molecule has 0 atom stereocenters. The first-order valence-electron chi connectivity index (χ1n) is 19.6. The van der Waals surface area contributed by atoms with E-state index in [4.69, 9.17) is 4.79 Å². The SMILES string of the molecule is C=O.[Cl][RuH].c1ccc(P(c2ccccc2)c2ccccc2)cc1.c1ccc(P(c2ccccc2)c2ccccc2)cc1.c1ccc(P(c2ccccc2)c2ccccc2)cc1. The fourth-order valence-corrected chi connectivity index (χ4v) is 13.5. The Bertz CT molecular complexity index is 1890. The van der Waals surface area contributed by atoms with Crippen LogP contribution >= 0.6 is 33.5 Å². The second-order valence-electron chi connectivity index (χ2n) is 13.0. The predicted molar refractivity (Wildman–Crippen MR) is 270 cm³/mol. The summed E-state index contributed by atoms with van der Waals surface area (Å²) in [7, 11) is 3.27.